The Labute approximate surface area is 192 Å². The number of benzene rings is 2. The molecule has 3 aromatic rings. The first-order chi connectivity index (χ1) is 14.6. The average molecular weight is 467 g/mol. The first-order valence-corrected chi connectivity index (χ1v) is 10.2. The molecular formula is C23H25Cl2FN2O3. The van der Waals surface area contributed by atoms with Crippen molar-refractivity contribution in [2.24, 2.45) is 0 Å². The molecule has 0 bridgehead atoms. The van der Waals surface area contributed by atoms with E-state index in [-0.39, 0.29) is 30.4 Å². The van der Waals surface area contributed by atoms with Crippen LogP contribution in [0, 0.1) is 12.7 Å². The van der Waals surface area contributed by atoms with E-state index in [9.17, 15) is 4.39 Å². The van der Waals surface area contributed by atoms with Gasteiger partial charge in [0.05, 0.1) is 19.3 Å². The molecule has 3 atom stereocenters. The molecule has 1 saturated heterocycles. The van der Waals surface area contributed by atoms with Gasteiger partial charge in [-0.2, -0.15) is 0 Å². The molecule has 166 valence electrons. The highest BCUT2D eigenvalue weighted by Crippen LogP contribution is 2.34. The molecule has 4 rings (SSSR count). The Bertz CT molecular complexity index is 1010. The standard InChI is InChI=1S/C23H24ClFN2O3.ClH/c1-15-26-9-10-27(15)19-7-6-17(20(24)13-19)14-30-23-21(28-2)8-11-29-22(23)16-4-3-5-18(25)12-16;/h3-7,9-10,12-13,21-23H,8,11,14H2,1-2H3;1H. The Morgan fingerprint density at radius 1 is 1.26 bits per heavy atom. The second-order valence-corrected chi connectivity index (χ2v) is 7.71. The van der Waals surface area contributed by atoms with Crippen LogP contribution in [-0.2, 0) is 20.8 Å². The van der Waals surface area contributed by atoms with Crippen LogP contribution in [0.1, 0.15) is 29.5 Å². The van der Waals surface area contributed by atoms with Gasteiger partial charge in [-0.05, 0) is 48.7 Å². The third-order valence-corrected chi connectivity index (χ3v) is 5.77. The zero-order chi connectivity index (χ0) is 21.1. The Balaban J connectivity index is 0.00000272. The summed E-state index contributed by atoms with van der Waals surface area (Å²) in [7, 11) is 1.66. The van der Waals surface area contributed by atoms with Crippen LogP contribution in [0.5, 0.6) is 0 Å². The minimum Gasteiger partial charge on any atom is -0.379 e. The predicted molar refractivity (Wildman–Crippen MR) is 120 cm³/mol. The summed E-state index contributed by atoms with van der Waals surface area (Å²) in [5.74, 6) is 0.582. The molecule has 0 aliphatic carbocycles. The average Bonchev–Trinajstić information content (AvgIpc) is 3.18. The first kappa shape index (κ1) is 23.7. The van der Waals surface area contributed by atoms with Gasteiger partial charge in [-0.1, -0.05) is 29.8 Å². The molecular weight excluding hydrogens is 442 g/mol. The first-order valence-electron chi connectivity index (χ1n) is 9.87. The molecule has 1 aromatic heterocycles. The van der Waals surface area contributed by atoms with E-state index in [4.69, 9.17) is 25.8 Å². The molecule has 1 aliphatic heterocycles. The maximum Gasteiger partial charge on any atom is 0.123 e. The van der Waals surface area contributed by atoms with Crippen LogP contribution in [0.3, 0.4) is 0 Å². The predicted octanol–water partition coefficient (Wildman–Crippen LogP) is 5.46. The smallest absolute Gasteiger partial charge is 0.123 e. The Morgan fingerprint density at radius 3 is 2.77 bits per heavy atom. The maximum absolute atomic E-state index is 13.8. The summed E-state index contributed by atoms with van der Waals surface area (Å²) in [6.07, 6.45) is 3.41. The minimum atomic E-state index is -0.411. The van der Waals surface area contributed by atoms with E-state index in [0.717, 1.165) is 22.6 Å². The third-order valence-electron chi connectivity index (χ3n) is 5.42. The van der Waals surface area contributed by atoms with Gasteiger partial charge in [0.25, 0.3) is 0 Å². The quantitative estimate of drug-likeness (QED) is 0.483. The van der Waals surface area contributed by atoms with Crippen LogP contribution < -0.4 is 0 Å². The van der Waals surface area contributed by atoms with Crippen molar-refractivity contribution < 1.29 is 18.6 Å². The van der Waals surface area contributed by atoms with Gasteiger partial charge in [-0.3, -0.25) is 0 Å². The molecule has 0 radical (unpaired) electrons. The third kappa shape index (κ3) is 5.27. The molecule has 31 heavy (non-hydrogen) atoms. The summed E-state index contributed by atoms with van der Waals surface area (Å²) in [5.41, 5.74) is 2.53. The van der Waals surface area contributed by atoms with E-state index in [0.29, 0.717) is 24.7 Å². The number of nitrogens with zero attached hydrogens (tertiary/aromatic N) is 2. The topological polar surface area (TPSA) is 45.5 Å². The number of hydrogen-bond acceptors (Lipinski definition) is 4. The molecule has 2 heterocycles. The van der Waals surface area contributed by atoms with Crippen molar-refractivity contribution in [1.29, 1.82) is 0 Å². The molecule has 0 N–H and O–H groups in total. The van der Waals surface area contributed by atoms with Crippen molar-refractivity contribution in [3.8, 4) is 5.69 Å². The number of aromatic nitrogens is 2. The lowest BCUT2D eigenvalue weighted by Crippen LogP contribution is -2.42. The number of hydrogen-bond donors (Lipinski definition) is 0. The number of ether oxygens (including phenoxy) is 3. The monoisotopic (exact) mass is 466 g/mol. The zero-order valence-corrected chi connectivity index (χ0v) is 18.9. The molecule has 0 spiro atoms. The number of aryl methyl sites for hydroxylation is 1. The highest BCUT2D eigenvalue weighted by atomic mass is 35.5. The van der Waals surface area contributed by atoms with E-state index in [1.165, 1.54) is 12.1 Å². The highest BCUT2D eigenvalue weighted by Gasteiger charge is 2.36. The zero-order valence-electron chi connectivity index (χ0n) is 17.3. The van der Waals surface area contributed by atoms with Crippen molar-refractivity contribution in [2.75, 3.05) is 13.7 Å². The molecule has 8 heteroatoms. The molecule has 1 aliphatic rings. The number of rotatable bonds is 6. The van der Waals surface area contributed by atoms with Gasteiger partial charge < -0.3 is 18.8 Å². The Kier molecular flexibility index (Phi) is 8.08. The van der Waals surface area contributed by atoms with E-state index in [1.807, 2.05) is 42.0 Å². The number of methoxy groups -OCH3 is 1. The van der Waals surface area contributed by atoms with Crippen molar-refractivity contribution in [3.63, 3.8) is 0 Å². The van der Waals surface area contributed by atoms with Crippen LogP contribution in [0.15, 0.2) is 54.9 Å². The van der Waals surface area contributed by atoms with Crippen LogP contribution in [-0.4, -0.2) is 35.5 Å². The van der Waals surface area contributed by atoms with E-state index in [2.05, 4.69) is 4.98 Å². The summed E-state index contributed by atoms with van der Waals surface area (Å²) in [4.78, 5) is 4.24. The van der Waals surface area contributed by atoms with Gasteiger partial charge >= 0.3 is 0 Å². The molecule has 2 aromatic carbocycles. The largest absolute Gasteiger partial charge is 0.379 e. The van der Waals surface area contributed by atoms with Gasteiger partial charge in [0.15, 0.2) is 0 Å². The summed E-state index contributed by atoms with van der Waals surface area (Å²) < 4.78 is 33.6. The van der Waals surface area contributed by atoms with E-state index in [1.54, 1.807) is 19.4 Å². The summed E-state index contributed by atoms with van der Waals surface area (Å²) in [5, 5.41) is 0.605. The summed E-state index contributed by atoms with van der Waals surface area (Å²) >= 11 is 6.53. The van der Waals surface area contributed by atoms with E-state index < -0.39 is 6.10 Å². The van der Waals surface area contributed by atoms with Crippen molar-refractivity contribution >= 4 is 24.0 Å². The minimum absolute atomic E-state index is 0. The number of imidazole rings is 1. The second-order valence-electron chi connectivity index (χ2n) is 7.31. The lowest BCUT2D eigenvalue weighted by atomic mass is 9.95. The Hall–Kier alpha value is -1.96. The molecule has 0 saturated carbocycles. The van der Waals surface area contributed by atoms with Crippen molar-refractivity contribution in [3.05, 3.63) is 82.6 Å². The second kappa shape index (κ2) is 10.6. The van der Waals surface area contributed by atoms with Crippen molar-refractivity contribution in [1.82, 2.24) is 9.55 Å². The fourth-order valence-corrected chi connectivity index (χ4v) is 4.05. The van der Waals surface area contributed by atoms with Crippen molar-refractivity contribution in [2.45, 2.75) is 38.3 Å². The van der Waals surface area contributed by atoms with Gasteiger partial charge in [-0.25, -0.2) is 9.37 Å². The molecule has 0 amide bonds. The number of halogens is 3. The van der Waals surface area contributed by atoms with Crippen LogP contribution >= 0.6 is 24.0 Å². The molecule has 3 unspecified atom stereocenters. The van der Waals surface area contributed by atoms with Crippen LogP contribution in [0.25, 0.3) is 5.69 Å². The maximum atomic E-state index is 13.8. The molecule has 5 nitrogen and oxygen atoms in total. The van der Waals surface area contributed by atoms with Gasteiger partial charge in [0.2, 0.25) is 0 Å². The SMILES string of the molecule is COC1CCOC(c2cccc(F)c2)C1OCc1ccc(-n2ccnc2C)cc1Cl.Cl. The summed E-state index contributed by atoms with van der Waals surface area (Å²) in [6.45, 7) is 2.76. The van der Waals surface area contributed by atoms with Gasteiger partial charge in [0, 0.05) is 30.2 Å². The fraction of sp³-hybridized carbons (Fsp3) is 0.348. The van der Waals surface area contributed by atoms with Crippen LogP contribution in [0.4, 0.5) is 4.39 Å². The highest BCUT2D eigenvalue weighted by molar-refractivity contribution is 6.31. The lowest BCUT2D eigenvalue weighted by molar-refractivity contribution is -0.175. The van der Waals surface area contributed by atoms with Crippen LogP contribution in [0.2, 0.25) is 5.02 Å². The Morgan fingerprint density at radius 2 is 2.10 bits per heavy atom. The normalized spacial score (nSPS) is 21.0. The fourth-order valence-electron chi connectivity index (χ4n) is 3.82. The lowest BCUT2D eigenvalue weighted by Gasteiger charge is -2.37. The van der Waals surface area contributed by atoms with Gasteiger partial charge in [0.1, 0.15) is 23.8 Å². The molecule has 1 fully saturated rings. The van der Waals surface area contributed by atoms with E-state index >= 15 is 0 Å². The van der Waals surface area contributed by atoms with Gasteiger partial charge in [-0.15, -0.1) is 12.4 Å². The summed E-state index contributed by atoms with van der Waals surface area (Å²) in [6, 6.07) is 12.2.